The van der Waals surface area contributed by atoms with Gasteiger partial charge in [0, 0.05) is 23.8 Å². The summed E-state index contributed by atoms with van der Waals surface area (Å²) in [6, 6.07) is 5.34. The molecule has 1 aliphatic rings. The molecule has 1 saturated carbocycles. The number of nitrogens with one attached hydrogen (secondary N) is 2. The van der Waals surface area contributed by atoms with Crippen LogP contribution in [0.3, 0.4) is 0 Å². The molecule has 0 unspecified atom stereocenters. The summed E-state index contributed by atoms with van der Waals surface area (Å²) in [5.74, 6) is -0.445. The molecule has 0 bridgehead atoms. The molecule has 0 atom stereocenters. The number of halogens is 1. The van der Waals surface area contributed by atoms with Gasteiger partial charge in [-0.15, -0.1) is 0 Å². The van der Waals surface area contributed by atoms with Crippen molar-refractivity contribution in [2.75, 3.05) is 32.5 Å². The molecule has 1 fully saturated rings. The van der Waals surface area contributed by atoms with Crippen LogP contribution in [0, 0.1) is 12.3 Å². The zero-order chi connectivity index (χ0) is 16.3. The van der Waals surface area contributed by atoms with Crippen molar-refractivity contribution >= 4 is 29.1 Å². The Balaban J connectivity index is 1.96. The lowest BCUT2D eigenvalue weighted by Gasteiger charge is -2.17. The van der Waals surface area contributed by atoms with Gasteiger partial charge in [0.1, 0.15) is 5.41 Å². The van der Waals surface area contributed by atoms with E-state index in [9.17, 15) is 9.59 Å². The molecule has 0 aromatic heterocycles. The average Bonchev–Trinajstić information content (AvgIpc) is 3.24. The highest BCUT2D eigenvalue weighted by molar-refractivity contribution is 6.31. The van der Waals surface area contributed by atoms with Gasteiger partial charge in [0.15, 0.2) is 0 Å². The molecule has 120 valence electrons. The molecular weight excluding hydrogens is 302 g/mol. The summed E-state index contributed by atoms with van der Waals surface area (Å²) < 4.78 is 0. The molecule has 1 aromatic carbocycles. The maximum Gasteiger partial charge on any atom is 0.240 e. The lowest BCUT2D eigenvalue weighted by atomic mass is 10.0. The van der Waals surface area contributed by atoms with Crippen LogP contribution in [-0.4, -0.2) is 43.9 Å². The van der Waals surface area contributed by atoms with Crippen molar-refractivity contribution in [2.24, 2.45) is 5.41 Å². The van der Waals surface area contributed by atoms with E-state index in [0.717, 1.165) is 12.1 Å². The Kier molecular flexibility index (Phi) is 5.08. The van der Waals surface area contributed by atoms with E-state index in [1.165, 1.54) is 0 Å². The van der Waals surface area contributed by atoms with Crippen molar-refractivity contribution in [3.8, 4) is 0 Å². The van der Waals surface area contributed by atoms with E-state index >= 15 is 0 Å². The van der Waals surface area contributed by atoms with Crippen LogP contribution >= 0.6 is 11.6 Å². The van der Waals surface area contributed by atoms with Crippen molar-refractivity contribution in [1.82, 2.24) is 10.2 Å². The van der Waals surface area contributed by atoms with Gasteiger partial charge in [-0.2, -0.15) is 0 Å². The van der Waals surface area contributed by atoms with Gasteiger partial charge in [0.05, 0.1) is 0 Å². The topological polar surface area (TPSA) is 61.4 Å². The van der Waals surface area contributed by atoms with Gasteiger partial charge in [-0.3, -0.25) is 9.59 Å². The summed E-state index contributed by atoms with van der Waals surface area (Å²) in [6.07, 6.45) is 1.18. The van der Waals surface area contributed by atoms with Gasteiger partial charge >= 0.3 is 0 Å². The number of carbonyl (C=O) groups is 2. The van der Waals surface area contributed by atoms with Gasteiger partial charge in [-0.1, -0.05) is 17.7 Å². The number of benzene rings is 1. The zero-order valence-corrected chi connectivity index (χ0v) is 14.0. The summed E-state index contributed by atoms with van der Waals surface area (Å²) >= 11 is 6.05. The van der Waals surface area contributed by atoms with Crippen LogP contribution in [0.25, 0.3) is 0 Å². The third kappa shape index (κ3) is 3.78. The average molecular weight is 324 g/mol. The summed E-state index contributed by atoms with van der Waals surface area (Å²) in [7, 11) is 3.87. The Labute approximate surface area is 136 Å². The quantitative estimate of drug-likeness (QED) is 0.788. The normalized spacial score (nSPS) is 15.5. The number of aryl methyl sites for hydroxylation is 1. The maximum absolute atomic E-state index is 12.4. The molecule has 6 heteroatoms. The molecule has 0 saturated heterocycles. The summed E-state index contributed by atoms with van der Waals surface area (Å²) in [5.41, 5.74) is 0.652. The van der Waals surface area contributed by atoms with Crippen LogP contribution in [0.15, 0.2) is 18.2 Å². The van der Waals surface area contributed by atoms with Gasteiger partial charge in [0.2, 0.25) is 11.8 Å². The van der Waals surface area contributed by atoms with Crippen LogP contribution in [0.1, 0.15) is 18.4 Å². The fourth-order valence-corrected chi connectivity index (χ4v) is 2.35. The first-order valence-corrected chi connectivity index (χ1v) is 7.73. The highest BCUT2D eigenvalue weighted by Crippen LogP contribution is 2.46. The molecule has 0 heterocycles. The number of nitrogens with zero attached hydrogens (tertiary/aromatic N) is 1. The highest BCUT2D eigenvalue weighted by atomic mass is 35.5. The minimum atomic E-state index is -0.913. The molecule has 1 aromatic rings. The molecule has 2 N–H and O–H groups in total. The number of carbonyl (C=O) groups excluding carboxylic acids is 2. The first-order chi connectivity index (χ1) is 10.3. The second kappa shape index (κ2) is 6.67. The molecular formula is C16H22ClN3O2. The van der Waals surface area contributed by atoms with Gasteiger partial charge in [0.25, 0.3) is 0 Å². The van der Waals surface area contributed by atoms with E-state index in [1.54, 1.807) is 12.1 Å². The van der Waals surface area contributed by atoms with Crippen molar-refractivity contribution in [2.45, 2.75) is 19.8 Å². The summed E-state index contributed by atoms with van der Waals surface area (Å²) in [6.45, 7) is 3.18. The number of hydrogen-bond donors (Lipinski definition) is 2. The molecule has 22 heavy (non-hydrogen) atoms. The monoisotopic (exact) mass is 323 g/mol. The van der Waals surface area contributed by atoms with Gasteiger partial charge in [-0.25, -0.2) is 0 Å². The summed E-state index contributed by atoms with van der Waals surface area (Å²) in [5, 5.41) is 6.23. The molecule has 1 aliphatic carbocycles. The minimum Gasteiger partial charge on any atom is -0.354 e. The fraction of sp³-hybridized carbons (Fsp3) is 0.500. The van der Waals surface area contributed by atoms with Gasteiger partial charge < -0.3 is 15.5 Å². The van der Waals surface area contributed by atoms with E-state index < -0.39 is 5.41 Å². The van der Waals surface area contributed by atoms with E-state index in [-0.39, 0.29) is 11.8 Å². The maximum atomic E-state index is 12.4. The molecule has 2 rings (SSSR count). The number of anilines is 1. The van der Waals surface area contributed by atoms with E-state index in [2.05, 4.69) is 10.6 Å². The Bertz CT molecular complexity index is 583. The van der Waals surface area contributed by atoms with E-state index in [0.29, 0.717) is 30.1 Å². The Hall–Kier alpha value is -1.59. The second-order valence-corrected chi connectivity index (χ2v) is 6.47. The molecule has 5 nitrogen and oxygen atoms in total. The first kappa shape index (κ1) is 16.8. The molecule has 0 aliphatic heterocycles. The molecule has 0 spiro atoms. The lowest BCUT2D eigenvalue weighted by molar-refractivity contribution is -0.134. The second-order valence-electron chi connectivity index (χ2n) is 6.06. The number of amides is 2. The number of hydrogen-bond acceptors (Lipinski definition) is 3. The van der Waals surface area contributed by atoms with Crippen LogP contribution in [-0.2, 0) is 9.59 Å². The summed E-state index contributed by atoms with van der Waals surface area (Å²) in [4.78, 5) is 26.6. The van der Waals surface area contributed by atoms with Crippen LogP contribution in [0.2, 0.25) is 5.02 Å². The highest BCUT2D eigenvalue weighted by Gasteiger charge is 2.56. The first-order valence-electron chi connectivity index (χ1n) is 7.36. The number of likely N-dealkylation sites (N-methyl/N-ethyl adjacent to an activating group) is 1. The molecule has 0 radical (unpaired) electrons. The third-order valence-corrected chi connectivity index (χ3v) is 4.30. The van der Waals surface area contributed by atoms with Crippen LogP contribution in [0.4, 0.5) is 5.69 Å². The van der Waals surface area contributed by atoms with Crippen molar-refractivity contribution in [3.05, 3.63) is 28.8 Å². The predicted molar refractivity (Wildman–Crippen MR) is 88.0 cm³/mol. The largest absolute Gasteiger partial charge is 0.354 e. The predicted octanol–water partition coefficient (Wildman–Crippen LogP) is 2.04. The molecule has 2 amide bonds. The fourth-order valence-electron chi connectivity index (χ4n) is 2.17. The van der Waals surface area contributed by atoms with Crippen molar-refractivity contribution in [1.29, 1.82) is 0 Å². The van der Waals surface area contributed by atoms with Crippen LogP contribution in [0.5, 0.6) is 0 Å². The SMILES string of the molecule is Cc1ccc(NC(=O)C2(C(=O)NCCN(C)C)CC2)cc1Cl. The van der Waals surface area contributed by atoms with E-state index in [1.807, 2.05) is 32.0 Å². The standard InChI is InChI=1S/C16H22ClN3O2/c1-11-4-5-12(10-13(11)17)19-15(22)16(6-7-16)14(21)18-8-9-20(2)3/h4-5,10H,6-9H2,1-3H3,(H,18,21)(H,19,22). The smallest absolute Gasteiger partial charge is 0.240 e. The van der Waals surface area contributed by atoms with Crippen molar-refractivity contribution < 1.29 is 9.59 Å². The third-order valence-electron chi connectivity index (χ3n) is 3.89. The lowest BCUT2D eigenvalue weighted by Crippen LogP contribution is -2.42. The van der Waals surface area contributed by atoms with Crippen molar-refractivity contribution in [3.63, 3.8) is 0 Å². The Morgan fingerprint density at radius 3 is 2.50 bits per heavy atom. The van der Waals surface area contributed by atoms with Crippen LogP contribution < -0.4 is 10.6 Å². The van der Waals surface area contributed by atoms with E-state index in [4.69, 9.17) is 11.6 Å². The minimum absolute atomic E-state index is 0.190. The zero-order valence-electron chi connectivity index (χ0n) is 13.2. The Morgan fingerprint density at radius 1 is 1.27 bits per heavy atom. The van der Waals surface area contributed by atoms with Gasteiger partial charge in [-0.05, 0) is 51.6 Å². The Morgan fingerprint density at radius 2 is 1.95 bits per heavy atom. The number of rotatable bonds is 6.